The number of amides is 1. The number of rotatable bonds is 3. The summed E-state index contributed by atoms with van der Waals surface area (Å²) in [4.78, 5) is 13.0. The van der Waals surface area contributed by atoms with E-state index in [4.69, 9.17) is 0 Å². The number of nitrogens with one attached hydrogen (secondary N) is 1. The first-order valence-corrected chi connectivity index (χ1v) is 4.64. The lowest BCUT2D eigenvalue weighted by Crippen LogP contribution is -2.63. The van der Waals surface area contributed by atoms with Gasteiger partial charge < -0.3 is 15.3 Å². The van der Waals surface area contributed by atoms with E-state index in [1.54, 1.807) is 11.8 Å². The number of likely N-dealkylation sites (tertiary alicyclic amines) is 1. The summed E-state index contributed by atoms with van der Waals surface area (Å²) < 4.78 is 0. The summed E-state index contributed by atoms with van der Waals surface area (Å²) >= 11 is 0. The molecule has 0 saturated carbocycles. The van der Waals surface area contributed by atoms with E-state index >= 15 is 0 Å². The molecule has 0 spiro atoms. The van der Waals surface area contributed by atoms with Crippen LogP contribution in [0.1, 0.15) is 20.8 Å². The predicted molar refractivity (Wildman–Crippen MR) is 50.3 cm³/mol. The number of carbonyl (C=O) groups is 1. The van der Waals surface area contributed by atoms with Gasteiger partial charge in [0.05, 0.1) is 25.2 Å². The molecule has 1 heterocycles. The Morgan fingerprint density at radius 3 is 2.54 bits per heavy atom. The van der Waals surface area contributed by atoms with Gasteiger partial charge in [-0.05, 0) is 6.92 Å². The summed E-state index contributed by atoms with van der Waals surface area (Å²) in [5.74, 6) is 0.0697. The van der Waals surface area contributed by atoms with E-state index in [0.29, 0.717) is 25.7 Å². The number of carbonyl (C=O) groups excluding carboxylic acids is 1. The van der Waals surface area contributed by atoms with Crippen LogP contribution >= 0.6 is 0 Å². The number of aliphatic hydroxyl groups is 1. The van der Waals surface area contributed by atoms with Crippen LogP contribution in [0.25, 0.3) is 0 Å². The highest BCUT2D eigenvalue weighted by molar-refractivity contribution is 5.79. The van der Waals surface area contributed by atoms with Crippen LogP contribution in [0.5, 0.6) is 0 Å². The Labute approximate surface area is 78.9 Å². The van der Waals surface area contributed by atoms with Crippen molar-refractivity contribution in [3.63, 3.8) is 0 Å². The van der Waals surface area contributed by atoms with Crippen LogP contribution in [0.4, 0.5) is 0 Å². The van der Waals surface area contributed by atoms with Crippen LogP contribution in [0.15, 0.2) is 0 Å². The quantitative estimate of drug-likeness (QED) is 0.629. The first-order valence-electron chi connectivity index (χ1n) is 4.64. The van der Waals surface area contributed by atoms with Crippen LogP contribution in [-0.4, -0.2) is 47.2 Å². The summed E-state index contributed by atoms with van der Waals surface area (Å²) in [5.41, 5.74) is -0.659. The Hall–Kier alpha value is -0.610. The summed E-state index contributed by atoms with van der Waals surface area (Å²) in [7, 11) is 0. The third kappa shape index (κ3) is 2.97. The molecule has 13 heavy (non-hydrogen) atoms. The fraction of sp³-hybridized carbons (Fsp3) is 0.889. The van der Waals surface area contributed by atoms with Crippen molar-refractivity contribution in [3.05, 3.63) is 0 Å². The fourth-order valence-electron chi connectivity index (χ4n) is 1.36. The molecule has 1 aliphatic rings. The van der Waals surface area contributed by atoms with Gasteiger partial charge in [-0.2, -0.15) is 0 Å². The number of nitrogens with zero attached hydrogens (tertiary/aromatic N) is 1. The summed E-state index contributed by atoms with van der Waals surface area (Å²) in [5, 5.41) is 12.4. The third-order valence-electron chi connectivity index (χ3n) is 2.08. The van der Waals surface area contributed by atoms with Crippen molar-refractivity contribution in [2.75, 3.05) is 19.6 Å². The molecule has 4 nitrogen and oxygen atoms in total. The second-order valence-electron chi connectivity index (χ2n) is 4.28. The average Bonchev–Trinajstić information content (AvgIpc) is 1.95. The molecule has 1 amide bonds. The molecule has 1 aliphatic heterocycles. The first-order chi connectivity index (χ1) is 5.91. The van der Waals surface area contributed by atoms with Gasteiger partial charge in [0.2, 0.25) is 5.91 Å². The van der Waals surface area contributed by atoms with Gasteiger partial charge in [-0.3, -0.25) is 4.79 Å². The van der Waals surface area contributed by atoms with E-state index in [0.717, 1.165) is 0 Å². The van der Waals surface area contributed by atoms with Gasteiger partial charge in [0.1, 0.15) is 0 Å². The van der Waals surface area contributed by atoms with Crippen LogP contribution in [-0.2, 0) is 4.79 Å². The molecule has 0 aromatic carbocycles. The zero-order chi connectivity index (χ0) is 10.1. The Morgan fingerprint density at radius 2 is 2.15 bits per heavy atom. The lowest BCUT2D eigenvalue weighted by molar-refractivity contribution is -0.151. The van der Waals surface area contributed by atoms with Crippen molar-refractivity contribution in [3.8, 4) is 0 Å². The molecule has 1 fully saturated rings. The highest BCUT2D eigenvalue weighted by atomic mass is 16.3. The van der Waals surface area contributed by atoms with E-state index in [9.17, 15) is 9.90 Å². The fourth-order valence-corrected chi connectivity index (χ4v) is 1.36. The molecule has 2 N–H and O–H groups in total. The number of hydrogen-bond donors (Lipinski definition) is 2. The van der Waals surface area contributed by atoms with Crippen molar-refractivity contribution < 1.29 is 9.90 Å². The normalized spacial score (nSPS) is 20.2. The van der Waals surface area contributed by atoms with Gasteiger partial charge in [0, 0.05) is 6.04 Å². The van der Waals surface area contributed by atoms with Gasteiger partial charge in [0.25, 0.3) is 0 Å². The van der Waals surface area contributed by atoms with Crippen LogP contribution < -0.4 is 5.32 Å². The second kappa shape index (κ2) is 3.64. The Balaban J connectivity index is 2.20. The van der Waals surface area contributed by atoms with Crippen LogP contribution in [0, 0.1) is 0 Å². The van der Waals surface area contributed by atoms with E-state index in [1.165, 1.54) is 0 Å². The van der Waals surface area contributed by atoms with Gasteiger partial charge in [-0.25, -0.2) is 0 Å². The Morgan fingerprint density at radius 1 is 1.62 bits per heavy atom. The lowest BCUT2D eigenvalue weighted by Gasteiger charge is -2.44. The number of hydrogen-bond acceptors (Lipinski definition) is 3. The van der Waals surface area contributed by atoms with Crippen molar-refractivity contribution >= 4 is 5.91 Å². The summed E-state index contributed by atoms with van der Waals surface area (Å²) in [6, 6.07) is 0.325. The maximum Gasteiger partial charge on any atom is 0.236 e. The first kappa shape index (κ1) is 10.5. The molecular formula is C9H18N2O2. The zero-order valence-corrected chi connectivity index (χ0v) is 8.50. The highest BCUT2D eigenvalue weighted by Crippen LogP contribution is 2.19. The van der Waals surface area contributed by atoms with Crippen molar-refractivity contribution in [1.29, 1.82) is 0 Å². The van der Waals surface area contributed by atoms with Gasteiger partial charge in [0.15, 0.2) is 0 Å². The SMILES string of the molecule is CC(C)NCC(=O)N1CC(C)(O)C1. The second-order valence-corrected chi connectivity index (χ2v) is 4.28. The van der Waals surface area contributed by atoms with Crippen LogP contribution in [0.3, 0.4) is 0 Å². The number of β-amino-alcohol motifs (C(OH)–C–C–N with tert-alkyl or cyclic N) is 1. The van der Waals surface area contributed by atoms with E-state index < -0.39 is 5.60 Å². The van der Waals surface area contributed by atoms with Gasteiger partial charge >= 0.3 is 0 Å². The predicted octanol–water partition coefficient (Wildman–Crippen LogP) is -0.422. The third-order valence-corrected chi connectivity index (χ3v) is 2.08. The zero-order valence-electron chi connectivity index (χ0n) is 8.50. The maximum atomic E-state index is 11.4. The molecule has 0 atom stereocenters. The largest absolute Gasteiger partial charge is 0.386 e. The molecule has 76 valence electrons. The van der Waals surface area contributed by atoms with Gasteiger partial charge in [-0.15, -0.1) is 0 Å². The summed E-state index contributed by atoms with van der Waals surface area (Å²) in [6.07, 6.45) is 0. The standard InChI is InChI=1S/C9H18N2O2/c1-7(2)10-4-8(12)11-5-9(3,13)6-11/h7,10,13H,4-6H2,1-3H3. The monoisotopic (exact) mass is 186 g/mol. The topological polar surface area (TPSA) is 52.6 Å². The minimum absolute atomic E-state index is 0.0697. The summed E-state index contributed by atoms with van der Waals surface area (Å²) in [6.45, 7) is 7.04. The lowest BCUT2D eigenvalue weighted by atomic mass is 9.97. The molecule has 0 radical (unpaired) electrons. The van der Waals surface area contributed by atoms with Crippen molar-refractivity contribution in [2.45, 2.75) is 32.4 Å². The molecule has 0 unspecified atom stereocenters. The molecular weight excluding hydrogens is 168 g/mol. The van der Waals surface area contributed by atoms with Gasteiger partial charge in [-0.1, -0.05) is 13.8 Å². The smallest absolute Gasteiger partial charge is 0.236 e. The highest BCUT2D eigenvalue weighted by Gasteiger charge is 2.38. The van der Waals surface area contributed by atoms with E-state index in [-0.39, 0.29) is 5.91 Å². The minimum Gasteiger partial charge on any atom is -0.386 e. The van der Waals surface area contributed by atoms with Crippen molar-refractivity contribution in [1.82, 2.24) is 10.2 Å². The Bertz CT molecular complexity index is 194. The molecule has 0 aliphatic carbocycles. The maximum absolute atomic E-state index is 11.4. The molecule has 0 aromatic heterocycles. The minimum atomic E-state index is -0.659. The van der Waals surface area contributed by atoms with Crippen molar-refractivity contribution in [2.24, 2.45) is 0 Å². The van der Waals surface area contributed by atoms with E-state index in [2.05, 4.69) is 5.32 Å². The molecule has 1 rings (SSSR count). The molecule has 4 heteroatoms. The Kier molecular flexibility index (Phi) is 2.93. The average molecular weight is 186 g/mol. The molecule has 0 bridgehead atoms. The van der Waals surface area contributed by atoms with E-state index in [1.807, 2.05) is 13.8 Å². The van der Waals surface area contributed by atoms with Crippen LogP contribution in [0.2, 0.25) is 0 Å². The molecule has 1 saturated heterocycles. The molecule has 0 aromatic rings.